The molecule has 1 N–H and O–H groups in total. The van der Waals surface area contributed by atoms with E-state index in [2.05, 4.69) is 38.2 Å². The number of allylic oxidation sites excluding steroid dienone is 4. The van der Waals surface area contributed by atoms with Crippen LogP contribution in [-0.4, -0.2) is 37.0 Å². The molecule has 0 saturated heterocycles. The van der Waals surface area contributed by atoms with Crippen molar-refractivity contribution in [3.63, 3.8) is 0 Å². The minimum absolute atomic E-state index is 0.172. The predicted octanol–water partition coefficient (Wildman–Crippen LogP) is 13.5. The van der Waals surface area contributed by atoms with E-state index < -0.39 is 6.10 Å². The number of ether oxygens (including phenoxy) is 2. The van der Waals surface area contributed by atoms with Crippen molar-refractivity contribution in [1.82, 2.24) is 0 Å². The molecule has 0 aromatic rings. The van der Waals surface area contributed by atoms with Crippen LogP contribution in [0.1, 0.15) is 219 Å². The Balaban J connectivity index is 3.38. The lowest BCUT2D eigenvalue weighted by molar-refractivity contribution is -0.154. The molecule has 47 heavy (non-hydrogen) atoms. The Morgan fingerprint density at radius 1 is 0.511 bits per heavy atom. The molecule has 0 aliphatic heterocycles. The fourth-order valence-corrected chi connectivity index (χ4v) is 6.13. The lowest BCUT2D eigenvalue weighted by Crippen LogP contribution is -2.27. The van der Waals surface area contributed by atoms with Crippen molar-refractivity contribution in [3.8, 4) is 0 Å². The smallest absolute Gasteiger partial charge is 0.306 e. The Morgan fingerprint density at radius 3 is 1.40 bits per heavy atom. The van der Waals surface area contributed by atoms with Crippen LogP contribution in [0.3, 0.4) is 0 Å². The van der Waals surface area contributed by atoms with Gasteiger partial charge in [0.1, 0.15) is 6.10 Å². The molecule has 0 aliphatic carbocycles. The molecule has 4 heteroatoms. The topological polar surface area (TPSA) is 55.8 Å². The maximum atomic E-state index is 12.2. The van der Waals surface area contributed by atoms with Crippen molar-refractivity contribution in [2.45, 2.75) is 225 Å². The molecule has 0 saturated carbocycles. The molecule has 1 atom stereocenters. The summed E-state index contributed by atoms with van der Waals surface area (Å²) >= 11 is 0. The van der Waals surface area contributed by atoms with Crippen molar-refractivity contribution in [2.24, 2.45) is 0 Å². The van der Waals surface area contributed by atoms with Crippen LogP contribution in [0, 0.1) is 0 Å². The van der Waals surface area contributed by atoms with Gasteiger partial charge < -0.3 is 14.6 Å². The molecule has 0 spiro atoms. The number of rotatable bonds is 39. The average molecular weight is 663 g/mol. The van der Waals surface area contributed by atoms with E-state index in [1.165, 1.54) is 173 Å². The van der Waals surface area contributed by atoms with Crippen LogP contribution in [0.25, 0.3) is 0 Å². The molecular formula is C43H82O4. The van der Waals surface area contributed by atoms with E-state index >= 15 is 0 Å². The lowest BCUT2D eigenvalue weighted by Gasteiger charge is -2.15. The Kier molecular flexibility index (Phi) is 40.1. The summed E-state index contributed by atoms with van der Waals surface area (Å²) in [6.45, 7) is 5.29. The van der Waals surface area contributed by atoms with E-state index in [0.717, 1.165) is 25.7 Å². The highest BCUT2D eigenvalue weighted by Gasteiger charge is 2.13. The number of esters is 1. The molecule has 0 aliphatic rings. The standard InChI is InChI=1S/C43H82O4/c1-3-5-7-9-11-13-15-17-19-20-21-22-23-24-25-26-28-30-32-34-36-38-43(45)47-42(40-44)41-46-39-37-35-33-31-29-27-18-16-14-12-10-8-6-4-2/h8,10,14,16,42,44H,3-7,9,11-13,15,17-41H2,1-2H3/b10-8-,16-14-. The van der Waals surface area contributed by atoms with E-state index in [1.54, 1.807) is 0 Å². The van der Waals surface area contributed by atoms with Gasteiger partial charge >= 0.3 is 5.97 Å². The second-order valence-electron chi connectivity index (χ2n) is 14.1. The second kappa shape index (κ2) is 41.0. The summed E-state index contributed by atoms with van der Waals surface area (Å²) < 4.78 is 11.1. The number of aliphatic hydroxyl groups is 1. The molecule has 0 rings (SSSR count). The summed E-state index contributed by atoms with van der Waals surface area (Å²) in [6.07, 6.45) is 49.5. The van der Waals surface area contributed by atoms with Gasteiger partial charge in [0, 0.05) is 13.0 Å². The SMILES string of the molecule is CCC/C=C\C/C=C\CCCCCCCCOCC(CO)OC(=O)CCCCCCCCCCCCCCCCCCCCCCC. The molecule has 278 valence electrons. The fraction of sp³-hybridized carbons (Fsp3) is 0.884. The Morgan fingerprint density at radius 2 is 0.936 bits per heavy atom. The zero-order valence-electron chi connectivity index (χ0n) is 31.8. The monoisotopic (exact) mass is 663 g/mol. The van der Waals surface area contributed by atoms with E-state index in [9.17, 15) is 9.90 Å². The molecule has 1 unspecified atom stereocenters. The Hall–Kier alpha value is -1.13. The molecular weight excluding hydrogens is 580 g/mol. The van der Waals surface area contributed by atoms with Gasteiger partial charge in [0.2, 0.25) is 0 Å². The highest BCUT2D eigenvalue weighted by Crippen LogP contribution is 2.16. The van der Waals surface area contributed by atoms with Crippen molar-refractivity contribution in [3.05, 3.63) is 24.3 Å². The number of hydrogen-bond acceptors (Lipinski definition) is 4. The molecule has 0 radical (unpaired) electrons. The van der Waals surface area contributed by atoms with E-state index in [1.807, 2.05) is 0 Å². The normalized spacial score (nSPS) is 12.5. The molecule has 0 amide bonds. The fourth-order valence-electron chi connectivity index (χ4n) is 6.13. The summed E-state index contributed by atoms with van der Waals surface area (Å²) in [5.41, 5.74) is 0. The van der Waals surface area contributed by atoms with Gasteiger partial charge in [0.05, 0.1) is 13.2 Å². The van der Waals surface area contributed by atoms with Gasteiger partial charge in [-0.2, -0.15) is 0 Å². The van der Waals surface area contributed by atoms with Gasteiger partial charge in [-0.3, -0.25) is 4.79 Å². The molecule has 0 fully saturated rings. The van der Waals surface area contributed by atoms with Crippen LogP contribution in [0.4, 0.5) is 0 Å². The Bertz CT molecular complexity index is 658. The first-order valence-corrected chi connectivity index (χ1v) is 20.9. The van der Waals surface area contributed by atoms with Crippen molar-refractivity contribution < 1.29 is 19.4 Å². The minimum atomic E-state index is -0.535. The Labute approximate surface area is 294 Å². The third kappa shape index (κ3) is 39.2. The third-order valence-corrected chi connectivity index (χ3v) is 9.26. The number of carbonyl (C=O) groups is 1. The summed E-state index contributed by atoms with van der Waals surface area (Å²) in [4.78, 5) is 12.2. The largest absolute Gasteiger partial charge is 0.457 e. The van der Waals surface area contributed by atoms with Crippen molar-refractivity contribution in [2.75, 3.05) is 19.8 Å². The number of aliphatic hydroxyl groups excluding tert-OH is 1. The zero-order valence-corrected chi connectivity index (χ0v) is 31.8. The number of carbonyl (C=O) groups excluding carboxylic acids is 1. The average Bonchev–Trinajstić information content (AvgIpc) is 3.08. The van der Waals surface area contributed by atoms with Crippen LogP contribution < -0.4 is 0 Å². The van der Waals surface area contributed by atoms with Gasteiger partial charge in [0.15, 0.2) is 0 Å². The first-order valence-electron chi connectivity index (χ1n) is 20.9. The highest BCUT2D eigenvalue weighted by molar-refractivity contribution is 5.69. The zero-order chi connectivity index (χ0) is 34.1. The summed E-state index contributed by atoms with van der Waals surface area (Å²) in [6, 6.07) is 0. The minimum Gasteiger partial charge on any atom is -0.457 e. The summed E-state index contributed by atoms with van der Waals surface area (Å²) in [7, 11) is 0. The number of hydrogen-bond donors (Lipinski definition) is 1. The van der Waals surface area contributed by atoms with Gasteiger partial charge in [-0.05, 0) is 38.5 Å². The van der Waals surface area contributed by atoms with Gasteiger partial charge in [-0.15, -0.1) is 0 Å². The van der Waals surface area contributed by atoms with Crippen molar-refractivity contribution >= 4 is 5.97 Å². The highest BCUT2D eigenvalue weighted by atomic mass is 16.6. The molecule has 0 bridgehead atoms. The van der Waals surface area contributed by atoms with E-state index in [4.69, 9.17) is 9.47 Å². The summed E-state index contributed by atoms with van der Waals surface area (Å²) in [5.74, 6) is -0.201. The predicted molar refractivity (Wildman–Crippen MR) is 205 cm³/mol. The maximum absolute atomic E-state index is 12.2. The second-order valence-corrected chi connectivity index (χ2v) is 14.1. The first kappa shape index (κ1) is 45.9. The van der Waals surface area contributed by atoms with Crippen LogP contribution in [0.2, 0.25) is 0 Å². The van der Waals surface area contributed by atoms with Crippen LogP contribution in [-0.2, 0) is 14.3 Å². The van der Waals surface area contributed by atoms with Crippen LogP contribution >= 0.6 is 0 Å². The third-order valence-electron chi connectivity index (χ3n) is 9.26. The van der Waals surface area contributed by atoms with E-state index in [-0.39, 0.29) is 12.6 Å². The van der Waals surface area contributed by atoms with Crippen LogP contribution in [0.15, 0.2) is 24.3 Å². The number of unbranched alkanes of at least 4 members (excludes halogenated alkanes) is 27. The lowest BCUT2D eigenvalue weighted by atomic mass is 10.0. The molecule has 0 heterocycles. The van der Waals surface area contributed by atoms with E-state index in [0.29, 0.717) is 19.6 Å². The van der Waals surface area contributed by atoms with Crippen molar-refractivity contribution in [1.29, 1.82) is 0 Å². The van der Waals surface area contributed by atoms with Gasteiger partial charge in [-0.1, -0.05) is 199 Å². The summed E-state index contributed by atoms with van der Waals surface area (Å²) in [5, 5.41) is 9.58. The maximum Gasteiger partial charge on any atom is 0.306 e. The molecule has 0 aromatic heterocycles. The first-order chi connectivity index (χ1) is 23.2. The molecule has 4 nitrogen and oxygen atoms in total. The van der Waals surface area contributed by atoms with Crippen LogP contribution in [0.5, 0.6) is 0 Å². The molecule has 0 aromatic carbocycles. The van der Waals surface area contributed by atoms with Gasteiger partial charge in [0.25, 0.3) is 0 Å². The quantitative estimate of drug-likeness (QED) is 0.0404. The van der Waals surface area contributed by atoms with Gasteiger partial charge in [-0.25, -0.2) is 0 Å².